The van der Waals surface area contributed by atoms with Crippen LogP contribution in [-0.4, -0.2) is 12.2 Å². The molecule has 12 heavy (non-hydrogen) atoms. The molecule has 0 aliphatic rings. The summed E-state index contributed by atoms with van der Waals surface area (Å²) in [5, 5.41) is 0. The summed E-state index contributed by atoms with van der Waals surface area (Å²) in [4.78, 5) is 0. The molecule has 1 heteroatoms. The van der Waals surface area contributed by atoms with E-state index in [0.29, 0.717) is 17.9 Å². The second kappa shape index (κ2) is 5.36. The molecule has 0 bridgehead atoms. The van der Waals surface area contributed by atoms with Crippen molar-refractivity contribution >= 4 is 0 Å². The molecule has 0 fully saturated rings. The van der Waals surface area contributed by atoms with Gasteiger partial charge in [0.15, 0.2) is 0 Å². The fraction of sp³-hybridized carbons (Fsp3) is 0.818. The van der Waals surface area contributed by atoms with Crippen LogP contribution in [0.5, 0.6) is 0 Å². The van der Waals surface area contributed by atoms with Crippen LogP contribution in [0.4, 0.5) is 0 Å². The number of ether oxygens (including phenoxy) is 1. The number of hydrogen-bond donors (Lipinski definition) is 0. The average Bonchev–Trinajstić information content (AvgIpc) is 1.98. The highest BCUT2D eigenvalue weighted by Gasteiger charge is 2.19. The largest absolute Gasteiger partial charge is 0.371 e. The number of hydrogen-bond acceptors (Lipinski definition) is 1. The second-order valence-electron chi connectivity index (χ2n) is 4.03. The molecule has 1 unspecified atom stereocenters. The summed E-state index contributed by atoms with van der Waals surface area (Å²) in [6, 6.07) is 0. The van der Waals surface area contributed by atoms with Crippen molar-refractivity contribution in [2.24, 2.45) is 11.8 Å². The van der Waals surface area contributed by atoms with Crippen LogP contribution in [0.3, 0.4) is 0 Å². The lowest BCUT2D eigenvalue weighted by molar-refractivity contribution is -0.0320. The van der Waals surface area contributed by atoms with E-state index in [0.717, 1.165) is 0 Å². The van der Waals surface area contributed by atoms with Gasteiger partial charge in [-0.1, -0.05) is 33.8 Å². The van der Waals surface area contributed by atoms with Gasteiger partial charge in [0, 0.05) is 0 Å². The first-order valence-corrected chi connectivity index (χ1v) is 4.77. The van der Waals surface area contributed by atoms with Gasteiger partial charge in [-0.3, -0.25) is 0 Å². The third-order valence-electron chi connectivity index (χ3n) is 2.02. The lowest BCUT2D eigenvalue weighted by Gasteiger charge is -2.27. The Kier molecular flexibility index (Phi) is 5.23. The van der Waals surface area contributed by atoms with E-state index in [1.807, 2.05) is 13.0 Å². The van der Waals surface area contributed by atoms with Gasteiger partial charge in [-0.2, -0.15) is 0 Å². The quantitative estimate of drug-likeness (QED) is 0.575. The molecule has 0 spiro atoms. The Morgan fingerprint density at radius 2 is 1.42 bits per heavy atom. The van der Waals surface area contributed by atoms with Crippen molar-refractivity contribution in [3.63, 3.8) is 0 Å². The average molecular weight is 170 g/mol. The van der Waals surface area contributed by atoms with E-state index in [1.54, 1.807) is 0 Å². The summed E-state index contributed by atoms with van der Waals surface area (Å²) in [5.74, 6) is 1.15. The summed E-state index contributed by atoms with van der Waals surface area (Å²) in [5.41, 5.74) is 0. The minimum Gasteiger partial charge on any atom is -0.371 e. The van der Waals surface area contributed by atoms with Gasteiger partial charge in [-0.15, -0.1) is 6.58 Å². The zero-order chi connectivity index (χ0) is 9.72. The molecule has 0 N–H and O–H groups in total. The van der Waals surface area contributed by atoms with E-state index in [-0.39, 0.29) is 6.10 Å². The second-order valence-corrected chi connectivity index (χ2v) is 4.03. The Labute approximate surface area is 76.8 Å². The zero-order valence-electron chi connectivity index (χ0n) is 9.00. The van der Waals surface area contributed by atoms with Crippen LogP contribution < -0.4 is 0 Å². The Hall–Kier alpha value is -0.300. The van der Waals surface area contributed by atoms with Crippen LogP contribution >= 0.6 is 0 Å². The lowest BCUT2D eigenvalue weighted by Crippen LogP contribution is -2.29. The van der Waals surface area contributed by atoms with E-state index < -0.39 is 0 Å². The highest BCUT2D eigenvalue weighted by atomic mass is 16.5. The Morgan fingerprint density at radius 3 is 1.67 bits per heavy atom. The molecule has 0 radical (unpaired) electrons. The fourth-order valence-electron chi connectivity index (χ4n) is 1.39. The topological polar surface area (TPSA) is 9.23 Å². The third-order valence-corrected chi connectivity index (χ3v) is 2.02. The van der Waals surface area contributed by atoms with E-state index in [1.165, 1.54) is 0 Å². The fourth-order valence-corrected chi connectivity index (χ4v) is 1.39. The van der Waals surface area contributed by atoms with Gasteiger partial charge in [0.1, 0.15) is 0 Å². The molecular formula is C11H22O. The molecule has 72 valence electrons. The SMILES string of the molecule is C=CC(C)OC(C(C)C)C(C)C. The van der Waals surface area contributed by atoms with Crippen LogP contribution in [0.2, 0.25) is 0 Å². The van der Waals surface area contributed by atoms with Gasteiger partial charge in [0.25, 0.3) is 0 Å². The van der Waals surface area contributed by atoms with E-state index >= 15 is 0 Å². The van der Waals surface area contributed by atoms with Gasteiger partial charge in [-0.05, 0) is 18.8 Å². The maximum Gasteiger partial charge on any atom is 0.0729 e. The molecule has 0 aromatic rings. The van der Waals surface area contributed by atoms with Crippen molar-refractivity contribution in [3.8, 4) is 0 Å². The molecule has 0 saturated heterocycles. The van der Waals surface area contributed by atoms with Gasteiger partial charge < -0.3 is 4.74 Å². The first-order chi connectivity index (χ1) is 5.49. The standard InChI is InChI=1S/C11H22O/c1-7-10(6)12-11(8(2)3)9(4)5/h7-11H,1H2,2-6H3. The minimum atomic E-state index is 0.166. The monoisotopic (exact) mass is 170 g/mol. The summed E-state index contributed by atoms with van der Waals surface area (Å²) in [7, 11) is 0. The van der Waals surface area contributed by atoms with Crippen LogP contribution in [0.15, 0.2) is 12.7 Å². The van der Waals surface area contributed by atoms with Crippen molar-refractivity contribution in [1.29, 1.82) is 0 Å². The molecule has 0 aliphatic carbocycles. The first-order valence-electron chi connectivity index (χ1n) is 4.77. The van der Waals surface area contributed by atoms with Crippen LogP contribution in [-0.2, 0) is 4.74 Å². The Morgan fingerprint density at radius 1 is 1.00 bits per heavy atom. The van der Waals surface area contributed by atoms with Crippen LogP contribution in [0, 0.1) is 11.8 Å². The molecule has 0 aromatic heterocycles. The molecule has 0 amide bonds. The summed E-state index contributed by atoms with van der Waals surface area (Å²) >= 11 is 0. The van der Waals surface area contributed by atoms with Gasteiger partial charge in [0.05, 0.1) is 12.2 Å². The van der Waals surface area contributed by atoms with Crippen LogP contribution in [0.25, 0.3) is 0 Å². The Balaban J connectivity index is 4.04. The van der Waals surface area contributed by atoms with Crippen molar-refractivity contribution in [1.82, 2.24) is 0 Å². The third kappa shape index (κ3) is 3.91. The van der Waals surface area contributed by atoms with Crippen molar-refractivity contribution < 1.29 is 4.74 Å². The number of rotatable bonds is 5. The molecule has 0 heterocycles. The normalized spacial score (nSPS) is 14.3. The smallest absolute Gasteiger partial charge is 0.0729 e. The van der Waals surface area contributed by atoms with Gasteiger partial charge in [-0.25, -0.2) is 0 Å². The molecule has 0 aliphatic heterocycles. The highest BCUT2D eigenvalue weighted by molar-refractivity contribution is 4.78. The first kappa shape index (κ1) is 11.7. The molecular weight excluding hydrogens is 148 g/mol. The molecule has 0 saturated carbocycles. The summed E-state index contributed by atoms with van der Waals surface area (Å²) in [6.07, 6.45) is 2.36. The van der Waals surface area contributed by atoms with E-state index in [4.69, 9.17) is 4.74 Å². The maximum absolute atomic E-state index is 5.80. The predicted octanol–water partition coefficient (Wildman–Crippen LogP) is 3.26. The van der Waals surface area contributed by atoms with Crippen molar-refractivity contribution in [2.45, 2.75) is 46.8 Å². The van der Waals surface area contributed by atoms with Gasteiger partial charge >= 0.3 is 0 Å². The van der Waals surface area contributed by atoms with Crippen molar-refractivity contribution in [3.05, 3.63) is 12.7 Å². The molecule has 0 aromatic carbocycles. The van der Waals surface area contributed by atoms with E-state index in [2.05, 4.69) is 34.3 Å². The summed E-state index contributed by atoms with van der Waals surface area (Å²) in [6.45, 7) is 14.5. The minimum absolute atomic E-state index is 0.166. The van der Waals surface area contributed by atoms with E-state index in [9.17, 15) is 0 Å². The van der Waals surface area contributed by atoms with Crippen molar-refractivity contribution in [2.75, 3.05) is 0 Å². The summed E-state index contributed by atoms with van der Waals surface area (Å²) < 4.78 is 5.80. The highest BCUT2D eigenvalue weighted by Crippen LogP contribution is 2.17. The predicted molar refractivity (Wildman–Crippen MR) is 54.2 cm³/mol. The zero-order valence-corrected chi connectivity index (χ0v) is 9.00. The Bertz CT molecular complexity index is 119. The molecule has 1 nitrogen and oxygen atoms in total. The van der Waals surface area contributed by atoms with Gasteiger partial charge in [0.2, 0.25) is 0 Å². The molecule has 1 atom stereocenters. The lowest BCUT2D eigenvalue weighted by atomic mass is 9.96. The van der Waals surface area contributed by atoms with Crippen LogP contribution in [0.1, 0.15) is 34.6 Å². The maximum atomic E-state index is 5.80. The molecule has 0 rings (SSSR count).